The standard InChI is InChI=1S/C12H13IN2O2/c1-2-9-12(17)15(7-11(16)14-9)10-6-4-3-5-8(10)13/h3-6,9H,2,7H2,1H3,(H,14,16). The zero-order valence-corrected chi connectivity index (χ0v) is 11.6. The number of carbonyl (C=O) groups excluding carboxylic acids is 2. The molecule has 0 saturated carbocycles. The van der Waals surface area contributed by atoms with Crippen molar-refractivity contribution in [3.05, 3.63) is 27.8 Å². The number of amides is 2. The van der Waals surface area contributed by atoms with E-state index in [9.17, 15) is 9.59 Å². The highest BCUT2D eigenvalue weighted by atomic mass is 127. The molecular weight excluding hydrogens is 331 g/mol. The normalized spacial score (nSPS) is 20.4. The average molecular weight is 344 g/mol. The number of nitrogens with zero attached hydrogens (tertiary/aromatic N) is 1. The summed E-state index contributed by atoms with van der Waals surface area (Å²) in [5, 5.41) is 2.70. The molecule has 1 unspecified atom stereocenters. The molecule has 1 atom stereocenters. The van der Waals surface area contributed by atoms with Gasteiger partial charge in [0.05, 0.1) is 5.69 Å². The maximum atomic E-state index is 12.2. The first kappa shape index (κ1) is 12.3. The van der Waals surface area contributed by atoms with Crippen LogP contribution in [-0.2, 0) is 9.59 Å². The van der Waals surface area contributed by atoms with E-state index in [0.717, 1.165) is 9.26 Å². The van der Waals surface area contributed by atoms with Crippen LogP contribution in [0.2, 0.25) is 0 Å². The first-order chi connectivity index (χ1) is 8.13. The first-order valence-electron chi connectivity index (χ1n) is 5.48. The minimum absolute atomic E-state index is 0.0313. The van der Waals surface area contributed by atoms with Gasteiger partial charge in [-0.3, -0.25) is 9.59 Å². The van der Waals surface area contributed by atoms with Crippen LogP contribution in [0.1, 0.15) is 13.3 Å². The summed E-state index contributed by atoms with van der Waals surface area (Å²) in [6.07, 6.45) is 0.616. The van der Waals surface area contributed by atoms with E-state index in [0.29, 0.717) is 6.42 Å². The SMILES string of the molecule is CCC1NC(=O)CN(c2ccccc2I)C1=O. The predicted molar refractivity (Wildman–Crippen MR) is 73.7 cm³/mol. The molecule has 90 valence electrons. The third kappa shape index (κ3) is 2.43. The number of halogens is 1. The summed E-state index contributed by atoms with van der Waals surface area (Å²) >= 11 is 2.17. The van der Waals surface area contributed by atoms with Gasteiger partial charge in [0.2, 0.25) is 11.8 Å². The van der Waals surface area contributed by atoms with E-state index in [1.807, 2.05) is 31.2 Å². The van der Waals surface area contributed by atoms with Gasteiger partial charge in [-0.1, -0.05) is 19.1 Å². The number of piperazine rings is 1. The fourth-order valence-corrected chi connectivity index (χ4v) is 2.54. The predicted octanol–water partition coefficient (Wildman–Crippen LogP) is 1.53. The van der Waals surface area contributed by atoms with Crippen LogP contribution < -0.4 is 10.2 Å². The van der Waals surface area contributed by atoms with E-state index >= 15 is 0 Å². The van der Waals surface area contributed by atoms with Crippen LogP contribution in [0.3, 0.4) is 0 Å². The second-order valence-electron chi connectivity index (χ2n) is 3.90. The van der Waals surface area contributed by atoms with Crippen molar-refractivity contribution in [1.29, 1.82) is 0 Å². The molecule has 17 heavy (non-hydrogen) atoms. The Bertz CT molecular complexity index is 462. The number of anilines is 1. The fraction of sp³-hybridized carbons (Fsp3) is 0.333. The fourth-order valence-electron chi connectivity index (χ4n) is 1.86. The van der Waals surface area contributed by atoms with Gasteiger partial charge >= 0.3 is 0 Å². The smallest absolute Gasteiger partial charge is 0.250 e. The highest BCUT2D eigenvalue weighted by molar-refractivity contribution is 14.1. The topological polar surface area (TPSA) is 49.4 Å². The number of benzene rings is 1. The van der Waals surface area contributed by atoms with Crippen LogP contribution in [0, 0.1) is 3.57 Å². The summed E-state index contributed by atoms with van der Waals surface area (Å²) < 4.78 is 0.975. The van der Waals surface area contributed by atoms with E-state index in [2.05, 4.69) is 27.9 Å². The van der Waals surface area contributed by atoms with E-state index in [-0.39, 0.29) is 18.4 Å². The molecular formula is C12H13IN2O2. The maximum absolute atomic E-state index is 12.2. The Kier molecular flexibility index (Phi) is 3.66. The van der Waals surface area contributed by atoms with Crippen molar-refractivity contribution in [3.63, 3.8) is 0 Å². The summed E-state index contributed by atoms with van der Waals surface area (Å²) in [5.41, 5.74) is 0.811. The second kappa shape index (κ2) is 5.03. The molecule has 0 bridgehead atoms. The minimum atomic E-state index is -0.396. The number of rotatable bonds is 2. The highest BCUT2D eigenvalue weighted by Gasteiger charge is 2.32. The summed E-state index contributed by atoms with van der Waals surface area (Å²) in [4.78, 5) is 25.3. The van der Waals surface area contributed by atoms with Gasteiger partial charge in [-0.25, -0.2) is 0 Å². The number of para-hydroxylation sites is 1. The van der Waals surface area contributed by atoms with E-state index in [1.165, 1.54) is 0 Å². The zero-order valence-electron chi connectivity index (χ0n) is 9.44. The van der Waals surface area contributed by atoms with Gasteiger partial charge in [0.1, 0.15) is 12.6 Å². The van der Waals surface area contributed by atoms with Crippen molar-refractivity contribution in [2.75, 3.05) is 11.4 Å². The lowest BCUT2D eigenvalue weighted by Crippen LogP contribution is -2.58. The van der Waals surface area contributed by atoms with Crippen LogP contribution in [0.25, 0.3) is 0 Å². The van der Waals surface area contributed by atoms with Crippen molar-refractivity contribution in [3.8, 4) is 0 Å². The molecule has 1 aromatic rings. The molecule has 1 aliphatic heterocycles. The molecule has 1 aliphatic rings. The van der Waals surface area contributed by atoms with Crippen molar-refractivity contribution < 1.29 is 9.59 Å². The Morgan fingerprint density at radius 1 is 1.41 bits per heavy atom. The van der Waals surface area contributed by atoms with Crippen LogP contribution in [-0.4, -0.2) is 24.4 Å². The minimum Gasteiger partial charge on any atom is -0.343 e. The lowest BCUT2D eigenvalue weighted by Gasteiger charge is -2.32. The Morgan fingerprint density at radius 3 is 2.76 bits per heavy atom. The summed E-state index contributed by atoms with van der Waals surface area (Å²) in [6.45, 7) is 2.00. The van der Waals surface area contributed by atoms with Crippen molar-refractivity contribution >= 4 is 40.1 Å². The van der Waals surface area contributed by atoms with Crippen LogP contribution in [0.5, 0.6) is 0 Å². The van der Waals surface area contributed by atoms with E-state index < -0.39 is 6.04 Å². The Morgan fingerprint density at radius 2 is 2.12 bits per heavy atom. The van der Waals surface area contributed by atoms with Gasteiger partial charge in [0, 0.05) is 3.57 Å². The number of hydrogen-bond acceptors (Lipinski definition) is 2. The second-order valence-corrected chi connectivity index (χ2v) is 5.07. The monoisotopic (exact) mass is 344 g/mol. The third-order valence-electron chi connectivity index (χ3n) is 2.75. The maximum Gasteiger partial charge on any atom is 0.250 e. The lowest BCUT2D eigenvalue weighted by atomic mass is 10.1. The van der Waals surface area contributed by atoms with Gasteiger partial charge in [-0.2, -0.15) is 0 Å². The third-order valence-corrected chi connectivity index (χ3v) is 3.66. The van der Waals surface area contributed by atoms with Crippen molar-refractivity contribution in [1.82, 2.24) is 5.32 Å². The molecule has 0 spiro atoms. The average Bonchev–Trinajstić information content (AvgIpc) is 2.32. The molecule has 1 aromatic carbocycles. The number of hydrogen-bond donors (Lipinski definition) is 1. The molecule has 1 N–H and O–H groups in total. The quantitative estimate of drug-likeness (QED) is 0.828. The molecule has 0 radical (unpaired) electrons. The Balaban J connectivity index is 2.34. The van der Waals surface area contributed by atoms with Crippen LogP contribution in [0.15, 0.2) is 24.3 Å². The molecule has 1 saturated heterocycles. The summed E-state index contributed by atoms with van der Waals surface area (Å²) in [6, 6.07) is 7.18. The highest BCUT2D eigenvalue weighted by Crippen LogP contribution is 2.24. The van der Waals surface area contributed by atoms with Crippen molar-refractivity contribution in [2.24, 2.45) is 0 Å². The molecule has 4 nitrogen and oxygen atoms in total. The van der Waals surface area contributed by atoms with Gasteiger partial charge < -0.3 is 10.2 Å². The van der Waals surface area contributed by atoms with Crippen molar-refractivity contribution in [2.45, 2.75) is 19.4 Å². The van der Waals surface area contributed by atoms with E-state index in [4.69, 9.17) is 0 Å². The molecule has 2 amide bonds. The van der Waals surface area contributed by atoms with Gasteiger partial charge in [-0.15, -0.1) is 0 Å². The zero-order chi connectivity index (χ0) is 12.4. The molecule has 0 aromatic heterocycles. The molecule has 0 aliphatic carbocycles. The molecule has 1 heterocycles. The van der Waals surface area contributed by atoms with Crippen LogP contribution in [0.4, 0.5) is 5.69 Å². The van der Waals surface area contributed by atoms with E-state index in [1.54, 1.807) is 4.90 Å². The molecule has 2 rings (SSSR count). The van der Waals surface area contributed by atoms with Gasteiger partial charge in [0.25, 0.3) is 0 Å². The Labute approximate surface area is 114 Å². The van der Waals surface area contributed by atoms with Crippen LogP contribution >= 0.6 is 22.6 Å². The largest absolute Gasteiger partial charge is 0.343 e. The first-order valence-corrected chi connectivity index (χ1v) is 6.56. The number of carbonyl (C=O) groups is 2. The Hall–Kier alpha value is -1.11. The summed E-state index contributed by atoms with van der Waals surface area (Å²) in [7, 11) is 0. The van der Waals surface area contributed by atoms with Gasteiger partial charge in [0.15, 0.2) is 0 Å². The molecule has 1 fully saturated rings. The van der Waals surface area contributed by atoms with Gasteiger partial charge in [-0.05, 0) is 41.1 Å². The number of nitrogens with one attached hydrogen (secondary N) is 1. The lowest BCUT2D eigenvalue weighted by molar-refractivity contribution is -0.131. The summed E-state index contributed by atoms with van der Waals surface area (Å²) in [5.74, 6) is -0.132. The molecule has 5 heteroatoms.